The summed E-state index contributed by atoms with van der Waals surface area (Å²) in [5, 5.41) is 3.29. The van der Waals surface area contributed by atoms with Gasteiger partial charge in [0, 0.05) is 11.0 Å². The van der Waals surface area contributed by atoms with E-state index in [1.54, 1.807) is 12.1 Å². The summed E-state index contributed by atoms with van der Waals surface area (Å²) in [6.07, 6.45) is -4.47. The van der Waals surface area contributed by atoms with Crippen molar-refractivity contribution in [3.63, 3.8) is 0 Å². The number of carbonyl (C=O) groups is 1. The van der Waals surface area contributed by atoms with Crippen LogP contribution in [0.1, 0.15) is 12.0 Å². The molecule has 1 N–H and O–H groups in total. The van der Waals surface area contributed by atoms with Gasteiger partial charge in [-0.2, -0.15) is 13.2 Å². The summed E-state index contributed by atoms with van der Waals surface area (Å²) in [7, 11) is 0. The van der Waals surface area contributed by atoms with Crippen LogP contribution in [0.15, 0.2) is 24.3 Å². The number of hydrogen-bond acceptors (Lipinski definition) is 2. The number of halogens is 4. The number of benzene rings is 1. The normalized spacial score (nSPS) is 11.4. The minimum atomic E-state index is -4.36. The molecule has 0 radical (unpaired) electrons. The zero-order valence-corrected chi connectivity index (χ0v) is 11.6. The Morgan fingerprint density at radius 1 is 1.26 bits per heavy atom. The van der Waals surface area contributed by atoms with Crippen molar-refractivity contribution in [2.24, 2.45) is 0 Å². The third kappa shape index (κ3) is 7.17. The van der Waals surface area contributed by atoms with Crippen LogP contribution in [0.4, 0.5) is 18.9 Å². The smallest absolute Gasteiger partial charge is 0.372 e. The van der Waals surface area contributed by atoms with Crippen LogP contribution in [0.3, 0.4) is 0 Å². The minimum Gasteiger partial charge on any atom is -0.372 e. The molecule has 0 heterocycles. The summed E-state index contributed by atoms with van der Waals surface area (Å²) in [6, 6.07) is 7.13. The number of rotatable bonds is 6. The first-order valence-corrected chi connectivity index (χ1v) is 6.62. The lowest BCUT2D eigenvalue weighted by Gasteiger charge is -2.08. The quantitative estimate of drug-likeness (QED) is 0.636. The van der Waals surface area contributed by atoms with E-state index in [0.29, 0.717) is 11.0 Å². The van der Waals surface area contributed by atoms with Crippen LogP contribution in [0, 0.1) is 0 Å². The molecular formula is C12H13BrF3NO2. The Kier molecular flexibility index (Phi) is 6.30. The Morgan fingerprint density at radius 2 is 1.89 bits per heavy atom. The second-order valence-corrected chi connectivity index (χ2v) is 4.36. The van der Waals surface area contributed by atoms with Gasteiger partial charge in [0.05, 0.1) is 13.0 Å². The molecule has 0 fully saturated rings. The highest BCUT2D eigenvalue weighted by Gasteiger charge is 2.27. The van der Waals surface area contributed by atoms with E-state index >= 15 is 0 Å². The molecule has 0 unspecified atom stereocenters. The number of amides is 1. The van der Waals surface area contributed by atoms with E-state index in [0.717, 1.165) is 5.56 Å². The number of carbonyl (C=O) groups excluding carboxylic acids is 1. The van der Waals surface area contributed by atoms with E-state index < -0.39 is 12.8 Å². The lowest BCUT2D eigenvalue weighted by atomic mass is 10.2. The molecule has 3 nitrogen and oxygen atoms in total. The first-order chi connectivity index (χ1) is 8.90. The molecule has 106 valence electrons. The lowest BCUT2D eigenvalue weighted by Crippen LogP contribution is -2.20. The topological polar surface area (TPSA) is 38.3 Å². The molecule has 1 aromatic carbocycles. The van der Waals surface area contributed by atoms with Gasteiger partial charge in [0.15, 0.2) is 0 Å². The van der Waals surface area contributed by atoms with Crippen molar-refractivity contribution in [1.82, 2.24) is 0 Å². The Labute approximate surface area is 117 Å². The number of hydrogen-bond donors (Lipinski definition) is 1. The molecule has 0 bridgehead atoms. The highest BCUT2D eigenvalue weighted by atomic mass is 79.9. The van der Waals surface area contributed by atoms with Gasteiger partial charge in [0.25, 0.3) is 0 Å². The largest absolute Gasteiger partial charge is 0.411 e. The summed E-state index contributed by atoms with van der Waals surface area (Å²) >= 11 is 3.30. The van der Waals surface area contributed by atoms with Gasteiger partial charge in [-0.25, -0.2) is 0 Å². The molecule has 1 aromatic rings. The van der Waals surface area contributed by atoms with Crippen molar-refractivity contribution in [2.75, 3.05) is 18.5 Å². The Bertz CT molecular complexity index is 406. The van der Waals surface area contributed by atoms with E-state index in [2.05, 4.69) is 26.0 Å². The highest BCUT2D eigenvalue weighted by Crippen LogP contribution is 2.15. The van der Waals surface area contributed by atoms with Gasteiger partial charge >= 0.3 is 6.18 Å². The molecule has 7 heteroatoms. The second kappa shape index (κ2) is 7.49. The lowest BCUT2D eigenvalue weighted by molar-refractivity contribution is -0.174. The van der Waals surface area contributed by atoms with Crippen molar-refractivity contribution in [1.29, 1.82) is 0 Å². The molecular weight excluding hydrogens is 327 g/mol. The van der Waals surface area contributed by atoms with Crippen molar-refractivity contribution in [3.8, 4) is 0 Å². The standard InChI is InChI=1S/C12H13BrF3NO2/c13-7-9-1-3-10(4-2-9)17-11(18)5-6-19-8-12(14,15)16/h1-4H,5-8H2,(H,17,18). The van der Waals surface area contributed by atoms with Gasteiger partial charge < -0.3 is 10.1 Å². The van der Waals surface area contributed by atoms with Crippen LogP contribution in [0.5, 0.6) is 0 Å². The third-order valence-corrected chi connectivity index (χ3v) is 2.78. The van der Waals surface area contributed by atoms with Crippen molar-refractivity contribution in [2.45, 2.75) is 17.9 Å². The summed E-state index contributed by atoms with van der Waals surface area (Å²) in [6.45, 7) is -1.59. The van der Waals surface area contributed by atoms with E-state index in [-0.39, 0.29) is 18.9 Å². The first kappa shape index (κ1) is 16.0. The average Bonchev–Trinajstić information content (AvgIpc) is 2.34. The third-order valence-electron chi connectivity index (χ3n) is 2.13. The molecule has 0 aromatic heterocycles. The Balaban J connectivity index is 2.27. The molecule has 0 atom stereocenters. The molecule has 0 aliphatic heterocycles. The summed E-state index contributed by atoms with van der Waals surface area (Å²) in [4.78, 5) is 11.4. The summed E-state index contributed by atoms with van der Waals surface area (Å²) in [5.41, 5.74) is 1.66. The molecule has 0 spiro atoms. The van der Waals surface area contributed by atoms with E-state index in [1.165, 1.54) is 0 Å². The van der Waals surface area contributed by atoms with Crippen LogP contribution in [0.2, 0.25) is 0 Å². The first-order valence-electron chi connectivity index (χ1n) is 5.50. The minimum absolute atomic E-state index is 0.115. The van der Waals surface area contributed by atoms with Gasteiger partial charge in [0.1, 0.15) is 6.61 Å². The predicted molar refractivity (Wildman–Crippen MR) is 69.2 cm³/mol. The summed E-state index contributed by atoms with van der Waals surface area (Å²) < 4.78 is 39.7. The maximum absolute atomic E-state index is 11.8. The molecule has 1 rings (SSSR count). The Morgan fingerprint density at radius 3 is 2.42 bits per heavy atom. The van der Waals surface area contributed by atoms with Crippen molar-refractivity contribution in [3.05, 3.63) is 29.8 Å². The van der Waals surface area contributed by atoms with E-state index in [1.807, 2.05) is 12.1 Å². The zero-order chi connectivity index (χ0) is 14.3. The van der Waals surface area contributed by atoms with Crippen LogP contribution in [0.25, 0.3) is 0 Å². The number of alkyl halides is 4. The molecule has 1 amide bonds. The monoisotopic (exact) mass is 339 g/mol. The van der Waals surface area contributed by atoms with Gasteiger partial charge in [-0.15, -0.1) is 0 Å². The van der Waals surface area contributed by atoms with Gasteiger partial charge in [-0.3, -0.25) is 4.79 Å². The maximum atomic E-state index is 11.8. The predicted octanol–water partition coefficient (Wildman–Crippen LogP) is 3.49. The SMILES string of the molecule is O=C(CCOCC(F)(F)F)Nc1ccc(CBr)cc1. The molecule has 19 heavy (non-hydrogen) atoms. The second-order valence-electron chi connectivity index (χ2n) is 3.80. The number of nitrogens with one attached hydrogen (secondary N) is 1. The zero-order valence-electron chi connectivity index (χ0n) is 9.97. The average molecular weight is 340 g/mol. The molecule has 0 aliphatic rings. The molecule has 0 saturated heterocycles. The van der Waals surface area contributed by atoms with Crippen LogP contribution in [-0.2, 0) is 14.9 Å². The van der Waals surface area contributed by atoms with E-state index in [9.17, 15) is 18.0 Å². The highest BCUT2D eigenvalue weighted by molar-refractivity contribution is 9.08. The molecule has 0 saturated carbocycles. The summed E-state index contributed by atoms with van der Waals surface area (Å²) in [5.74, 6) is -0.381. The molecule has 0 aliphatic carbocycles. The van der Waals surface area contributed by atoms with Crippen molar-refractivity contribution < 1.29 is 22.7 Å². The fraction of sp³-hybridized carbons (Fsp3) is 0.417. The fourth-order valence-corrected chi connectivity index (χ4v) is 1.63. The van der Waals surface area contributed by atoms with Gasteiger partial charge in [-0.05, 0) is 17.7 Å². The van der Waals surface area contributed by atoms with Gasteiger partial charge in [0.2, 0.25) is 5.91 Å². The Hall–Kier alpha value is -1.08. The van der Waals surface area contributed by atoms with Crippen molar-refractivity contribution >= 4 is 27.5 Å². The van der Waals surface area contributed by atoms with Crippen LogP contribution >= 0.6 is 15.9 Å². The van der Waals surface area contributed by atoms with Crippen LogP contribution in [-0.4, -0.2) is 25.3 Å². The number of anilines is 1. The van der Waals surface area contributed by atoms with Gasteiger partial charge in [-0.1, -0.05) is 28.1 Å². The van der Waals surface area contributed by atoms with E-state index in [4.69, 9.17) is 0 Å². The van der Waals surface area contributed by atoms with Crippen LogP contribution < -0.4 is 5.32 Å². The maximum Gasteiger partial charge on any atom is 0.411 e. The fourth-order valence-electron chi connectivity index (χ4n) is 1.25. The number of ether oxygens (including phenoxy) is 1.